The molecule has 0 spiro atoms. The molecule has 0 heterocycles. The molecular formula is C27H30N2O5. The highest BCUT2D eigenvalue weighted by Crippen LogP contribution is 2.44. The maximum Gasteiger partial charge on any atom is 0.407 e. The molecule has 2 saturated carbocycles. The van der Waals surface area contributed by atoms with Crippen LogP contribution in [0.15, 0.2) is 48.5 Å². The van der Waals surface area contributed by atoms with Crippen molar-refractivity contribution >= 4 is 18.0 Å². The number of rotatable bonds is 7. The van der Waals surface area contributed by atoms with Gasteiger partial charge in [0.2, 0.25) is 5.91 Å². The lowest BCUT2D eigenvalue weighted by Crippen LogP contribution is -2.50. The van der Waals surface area contributed by atoms with E-state index < -0.39 is 12.1 Å². The monoisotopic (exact) mass is 462 g/mol. The number of carboxylic acid groups (broad SMARTS) is 1. The summed E-state index contributed by atoms with van der Waals surface area (Å²) in [7, 11) is 0. The van der Waals surface area contributed by atoms with E-state index in [1.165, 1.54) is 22.3 Å². The van der Waals surface area contributed by atoms with Gasteiger partial charge >= 0.3 is 12.1 Å². The average Bonchev–Trinajstić information content (AvgIpc) is 3.35. The maximum absolute atomic E-state index is 12.5. The molecule has 2 aromatic carbocycles. The van der Waals surface area contributed by atoms with Crippen molar-refractivity contribution in [1.29, 1.82) is 0 Å². The number of carboxylic acids is 1. The van der Waals surface area contributed by atoms with Gasteiger partial charge in [-0.15, -0.1) is 0 Å². The summed E-state index contributed by atoms with van der Waals surface area (Å²) >= 11 is 0. The summed E-state index contributed by atoms with van der Waals surface area (Å²) in [5.41, 5.74) is 4.73. The molecule has 2 amide bonds. The van der Waals surface area contributed by atoms with E-state index in [2.05, 4.69) is 34.9 Å². The molecule has 2 aromatic rings. The van der Waals surface area contributed by atoms with Crippen LogP contribution in [0.1, 0.15) is 55.6 Å². The minimum Gasteiger partial charge on any atom is -0.481 e. The van der Waals surface area contributed by atoms with Gasteiger partial charge in [0.25, 0.3) is 0 Å². The van der Waals surface area contributed by atoms with Crippen LogP contribution in [0.25, 0.3) is 11.1 Å². The summed E-state index contributed by atoms with van der Waals surface area (Å²) in [5, 5.41) is 14.9. The van der Waals surface area contributed by atoms with E-state index in [9.17, 15) is 14.4 Å². The number of hydrogen-bond donors (Lipinski definition) is 3. The molecule has 3 N–H and O–H groups in total. The second kappa shape index (κ2) is 9.49. The SMILES string of the molecule is O=C(O)C[C@H]1CC[C@@H](NC(=O)C2CC(NC(=O)OCC3c4ccccc4-c4ccccc43)C2)C1. The van der Waals surface area contributed by atoms with Crippen molar-refractivity contribution < 1.29 is 24.2 Å². The van der Waals surface area contributed by atoms with Gasteiger partial charge in [-0.05, 0) is 60.3 Å². The predicted molar refractivity (Wildman–Crippen MR) is 126 cm³/mol. The van der Waals surface area contributed by atoms with E-state index >= 15 is 0 Å². The Morgan fingerprint density at radius 2 is 1.50 bits per heavy atom. The minimum absolute atomic E-state index is 0.00608. The van der Waals surface area contributed by atoms with Crippen LogP contribution in [0.5, 0.6) is 0 Å². The Morgan fingerprint density at radius 1 is 0.853 bits per heavy atom. The standard InChI is InChI=1S/C27H30N2O5/c30-25(31)12-16-9-10-18(11-16)28-26(32)17-13-19(14-17)29-27(33)34-15-24-22-7-3-1-5-20(22)21-6-2-4-8-23(21)24/h1-8,16-19,24H,9-15H2,(H,28,32)(H,29,33)(H,30,31)/t16-,17?,18+,19?/m0/s1. The quantitative estimate of drug-likeness (QED) is 0.576. The number of benzene rings is 2. The number of fused-ring (bicyclic) bond motifs is 3. The first-order valence-corrected chi connectivity index (χ1v) is 12.1. The summed E-state index contributed by atoms with van der Waals surface area (Å²) in [6, 6.07) is 16.4. The first kappa shape index (κ1) is 22.4. The summed E-state index contributed by atoms with van der Waals surface area (Å²) < 4.78 is 5.59. The molecule has 0 unspecified atom stereocenters. The van der Waals surface area contributed by atoms with Gasteiger partial charge in [0.1, 0.15) is 6.61 Å². The van der Waals surface area contributed by atoms with Crippen LogP contribution in [0, 0.1) is 11.8 Å². The number of alkyl carbamates (subject to hydrolysis) is 1. The van der Waals surface area contributed by atoms with Gasteiger partial charge in [0.15, 0.2) is 0 Å². The molecule has 34 heavy (non-hydrogen) atoms. The third-order valence-electron chi connectivity index (χ3n) is 7.53. The molecule has 178 valence electrons. The number of carbonyl (C=O) groups excluding carboxylic acids is 2. The zero-order valence-corrected chi connectivity index (χ0v) is 19.0. The van der Waals surface area contributed by atoms with Crippen molar-refractivity contribution in [2.24, 2.45) is 11.8 Å². The third kappa shape index (κ3) is 4.65. The van der Waals surface area contributed by atoms with Gasteiger partial charge < -0.3 is 20.5 Å². The lowest BCUT2D eigenvalue weighted by Gasteiger charge is -2.35. The fourth-order valence-corrected chi connectivity index (χ4v) is 5.71. The lowest BCUT2D eigenvalue weighted by molar-refractivity contribution is -0.138. The van der Waals surface area contributed by atoms with Crippen molar-refractivity contribution in [2.45, 2.75) is 56.5 Å². The summed E-state index contributed by atoms with van der Waals surface area (Å²) in [6.07, 6.45) is 3.32. The molecule has 0 bridgehead atoms. The van der Waals surface area contributed by atoms with Crippen molar-refractivity contribution in [2.75, 3.05) is 6.61 Å². The Morgan fingerprint density at radius 3 is 2.15 bits per heavy atom. The molecule has 3 aliphatic carbocycles. The average molecular weight is 463 g/mol. The number of amides is 2. The number of aliphatic carboxylic acids is 1. The highest BCUT2D eigenvalue weighted by molar-refractivity contribution is 5.81. The molecule has 0 aromatic heterocycles. The fourth-order valence-electron chi connectivity index (χ4n) is 5.71. The first-order valence-electron chi connectivity index (χ1n) is 12.1. The second-order valence-electron chi connectivity index (χ2n) is 9.82. The van der Waals surface area contributed by atoms with E-state index in [1.54, 1.807) is 0 Å². The third-order valence-corrected chi connectivity index (χ3v) is 7.53. The summed E-state index contributed by atoms with van der Waals surface area (Å²) in [4.78, 5) is 35.8. The molecule has 2 fully saturated rings. The second-order valence-corrected chi connectivity index (χ2v) is 9.82. The van der Waals surface area contributed by atoms with E-state index in [4.69, 9.17) is 9.84 Å². The summed E-state index contributed by atoms with van der Waals surface area (Å²) in [5.74, 6) is -0.719. The van der Waals surface area contributed by atoms with Gasteiger partial charge in [0.05, 0.1) is 0 Å². The van der Waals surface area contributed by atoms with E-state index in [0.29, 0.717) is 12.8 Å². The van der Waals surface area contributed by atoms with Gasteiger partial charge in [-0.25, -0.2) is 4.79 Å². The smallest absolute Gasteiger partial charge is 0.407 e. The molecule has 7 nitrogen and oxygen atoms in total. The van der Waals surface area contributed by atoms with Gasteiger partial charge in [-0.2, -0.15) is 0 Å². The maximum atomic E-state index is 12.5. The molecule has 0 saturated heterocycles. The zero-order valence-electron chi connectivity index (χ0n) is 19.0. The number of ether oxygens (including phenoxy) is 1. The normalized spacial score (nSPS) is 25.1. The van der Waals surface area contributed by atoms with Gasteiger partial charge in [-0.3, -0.25) is 9.59 Å². The largest absolute Gasteiger partial charge is 0.481 e. The lowest BCUT2D eigenvalue weighted by atomic mass is 9.79. The van der Waals surface area contributed by atoms with Gasteiger partial charge in [-0.1, -0.05) is 48.5 Å². The van der Waals surface area contributed by atoms with Crippen LogP contribution in [0.4, 0.5) is 4.79 Å². The molecule has 3 aliphatic rings. The van der Waals surface area contributed by atoms with E-state index in [1.807, 2.05) is 24.3 Å². The molecule has 7 heteroatoms. The van der Waals surface area contributed by atoms with Crippen molar-refractivity contribution in [3.05, 3.63) is 59.7 Å². The Balaban J connectivity index is 1.06. The Labute approximate surface area is 198 Å². The van der Waals surface area contributed by atoms with E-state index in [0.717, 1.165) is 19.3 Å². The van der Waals surface area contributed by atoms with Crippen molar-refractivity contribution in [1.82, 2.24) is 10.6 Å². The van der Waals surface area contributed by atoms with Crippen LogP contribution in [0.3, 0.4) is 0 Å². The molecule has 2 atom stereocenters. The molecule has 0 aliphatic heterocycles. The van der Waals surface area contributed by atoms with Gasteiger partial charge in [0, 0.05) is 30.3 Å². The molecular weight excluding hydrogens is 432 g/mol. The number of hydrogen-bond acceptors (Lipinski definition) is 4. The van der Waals surface area contributed by atoms with Crippen LogP contribution in [0.2, 0.25) is 0 Å². The van der Waals surface area contributed by atoms with E-state index in [-0.39, 0.29) is 48.8 Å². The highest BCUT2D eigenvalue weighted by Gasteiger charge is 2.38. The Kier molecular flexibility index (Phi) is 6.26. The predicted octanol–water partition coefficient (Wildman–Crippen LogP) is 4.06. The zero-order chi connectivity index (χ0) is 23.7. The topological polar surface area (TPSA) is 105 Å². The molecule has 5 rings (SSSR count). The van der Waals surface area contributed by atoms with Crippen LogP contribution < -0.4 is 10.6 Å². The number of carbonyl (C=O) groups is 3. The Hall–Kier alpha value is -3.35. The first-order chi connectivity index (χ1) is 16.5. The number of nitrogens with one attached hydrogen (secondary N) is 2. The fraction of sp³-hybridized carbons (Fsp3) is 0.444. The van der Waals surface area contributed by atoms with Crippen LogP contribution in [-0.2, 0) is 14.3 Å². The van der Waals surface area contributed by atoms with Crippen molar-refractivity contribution in [3.8, 4) is 11.1 Å². The van der Waals surface area contributed by atoms with Crippen LogP contribution >= 0.6 is 0 Å². The summed E-state index contributed by atoms with van der Waals surface area (Å²) in [6.45, 7) is 0.273. The minimum atomic E-state index is -0.780. The highest BCUT2D eigenvalue weighted by atomic mass is 16.5. The van der Waals surface area contributed by atoms with Crippen molar-refractivity contribution in [3.63, 3.8) is 0 Å². The van der Waals surface area contributed by atoms with Crippen LogP contribution in [-0.4, -0.2) is 41.8 Å². The Bertz CT molecular complexity index is 1050. The molecule has 0 radical (unpaired) electrons.